The van der Waals surface area contributed by atoms with Crippen LogP contribution in [0.3, 0.4) is 0 Å². The third kappa shape index (κ3) is 6.44. The van der Waals surface area contributed by atoms with E-state index in [9.17, 15) is 4.39 Å². The van der Waals surface area contributed by atoms with Crippen LogP contribution in [0.25, 0.3) is 0 Å². The number of nitrogens with zero attached hydrogens (tertiary/aromatic N) is 2. The molecule has 1 rings (SSSR count). The summed E-state index contributed by atoms with van der Waals surface area (Å²) in [6.07, 6.45) is 0. The van der Waals surface area contributed by atoms with Crippen LogP contribution >= 0.6 is 0 Å². The Morgan fingerprint density at radius 2 is 1.96 bits per heavy atom. The highest BCUT2D eigenvalue weighted by atomic mass is 19.1. The molecule has 0 amide bonds. The third-order valence-electron chi connectivity index (χ3n) is 3.54. The van der Waals surface area contributed by atoms with Crippen LogP contribution in [0.4, 0.5) is 10.1 Å². The third-order valence-corrected chi connectivity index (χ3v) is 3.54. The maximum Gasteiger partial charge on any atom is 0.191 e. The fraction of sp³-hybridized carbons (Fsp3) is 0.588. The van der Waals surface area contributed by atoms with Gasteiger partial charge in [0.1, 0.15) is 5.82 Å². The summed E-state index contributed by atoms with van der Waals surface area (Å²) in [5, 5.41) is 6.32. The Hall–Kier alpha value is -1.82. The zero-order chi connectivity index (χ0) is 17.1. The van der Waals surface area contributed by atoms with E-state index in [-0.39, 0.29) is 5.82 Å². The van der Waals surface area contributed by atoms with Crippen LogP contribution in [0.5, 0.6) is 0 Å². The van der Waals surface area contributed by atoms with Gasteiger partial charge in [-0.2, -0.15) is 0 Å². The molecule has 0 aliphatic rings. The lowest BCUT2D eigenvalue weighted by Gasteiger charge is -2.22. The van der Waals surface area contributed by atoms with E-state index >= 15 is 0 Å². The first-order chi connectivity index (χ1) is 11.2. The predicted molar refractivity (Wildman–Crippen MR) is 94.7 cm³/mol. The van der Waals surface area contributed by atoms with Gasteiger partial charge >= 0.3 is 0 Å². The molecule has 0 unspecified atom stereocenters. The molecule has 0 radical (unpaired) electrons. The normalized spacial score (nSPS) is 11.4. The average molecular weight is 324 g/mol. The van der Waals surface area contributed by atoms with Crippen molar-refractivity contribution in [3.8, 4) is 0 Å². The first kappa shape index (κ1) is 19.2. The lowest BCUT2D eigenvalue weighted by molar-refractivity contribution is 0.152. The molecule has 1 aromatic carbocycles. The molecule has 0 saturated carbocycles. The van der Waals surface area contributed by atoms with Crippen molar-refractivity contribution in [2.24, 2.45) is 4.99 Å². The predicted octanol–water partition coefficient (Wildman–Crippen LogP) is 2.37. The number of nitrogens with one attached hydrogen (secondary N) is 2. The summed E-state index contributed by atoms with van der Waals surface area (Å²) in [7, 11) is 1.71. The van der Waals surface area contributed by atoms with Crippen molar-refractivity contribution in [1.82, 2.24) is 10.6 Å². The molecule has 0 spiro atoms. The largest absolute Gasteiger partial charge is 0.380 e. The quantitative estimate of drug-likeness (QED) is 0.416. The summed E-state index contributed by atoms with van der Waals surface area (Å²) >= 11 is 0. The Morgan fingerprint density at radius 1 is 1.22 bits per heavy atom. The van der Waals surface area contributed by atoms with Crippen molar-refractivity contribution in [2.45, 2.75) is 27.3 Å². The molecule has 0 bridgehead atoms. The standard InChI is InChI=1S/C17H29FN4O/c1-5-22(6-2)16-9-8-14(12-15(16)18)13-21-17(19-4)20-10-11-23-7-3/h8-9,12H,5-7,10-11,13H2,1-4H3,(H2,19,20,21). The zero-order valence-electron chi connectivity index (χ0n) is 14.7. The van der Waals surface area contributed by atoms with Crippen molar-refractivity contribution in [2.75, 3.05) is 44.8 Å². The number of aliphatic imine (C=N–C) groups is 1. The first-order valence-corrected chi connectivity index (χ1v) is 8.21. The van der Waals surface area contributed by atoms with Gasteiger partial charge in [-0.05, 0) is 38.5 Å². The molecular weight excluding hydrogens is 295 g/mol. The van der Waals surface area contributed by atoms with Gasteiger partial charge in [0.15, 0.2) is 5.96 Å². The van der Waals surface area contributed by atoms with Crippen molar-refractivity contribution >= 4 is 11.6 Å². The molecule has 23 heavy (non-hydrogen) atoms. The highest BCUT2D eigenvalue weighted by molar-refractivity contribution is 5.79. The van der Waals surface area contributed by atoms with E-state index < -0.39 is 0 Å². The van der Waals surface area contributed by atoms with Crippen molar-refractivity contribution in [3.63, 3.8) is 0 Å². The Kier molecular flexibility index (Phi) is 9.05. The van der Waals surface area contributed by atoms with Crippen LogP contribution in [-0.4, -0.2) is 45.9 Å². The minimum absolute atomic E-state index is 0.188. The number of guanidine groups is 1. The van der Waals surface area contributed by atoms with Gasteiger partial charge in [0.05, 0.1) is 12.3 Å². The van der Waals surface area contributed by atoms with E-state index in [1.54, 1.807) is 13.1 Å². The van der Waals surface area contributed by atoms with Crippen LogP contribution in [-0.2, 0) is 11.3 Å². The Morgan fingerprint density at radius 3 is 2.52 bits per heavy atom. The van der Waals surface area contributed by atoms with E-state index in [2.05, 4.69) is 15.6 Å². The van der Waals surface area contributed by atoms with Gasteiger partial charge in [-0.25, -0.2) is 4.39 Å². The summed E-state index contributed by atoms with van der Waals surface area (Å²) in [5.74, 6) is 0.491. The maximum atomic E-state index is 14.2. The van der Waals surface area contributed by atoms with E-state index in [4.69, 9.17) is 4.74 Å². The second-order valence-electron chi connectivity index (χ2n) is 5.01. The Bertz CT molecular complexity index is 489. The minimum Gasteiger partial charge on any atom is -0.380 e. The second kappa shape index (κ2) is 10.8. The van der Waals surface area contributed by atoms with Gasteiger partial charge in [-0.15, -0.1) is 0 Å². The van der Waals surface area contributed by atoms with Gasteiger partial charge in [0.25, 0.3) is 0 Å². The topological polar surface area (TPSA) is 48.9 Å². The van der Waals surface area contributed by atoms with Crippen molar-refractivity contribution < 1.29 is 9.13 Å². The molecule has 0 heterocycles. The van der Waals surface area contributed by atoms with Crippen LogP contribution in [0.15, 0.2) is 23.2 Å². The number of halogens is 1. The lowest BCUT2D eigenvalue weighted by Crippen LogP contribution is -2.38. The second-order valence-corrected chi connectivity index (χ2v) is 5.01. The lowest BCUT2D eigenvalue weighted by atomic mass is 10.2. The monoisotopic (exact) mass is 324 g/mol. The highest BCUT2D eigenvalue weighted by Gasteiger charge is 2.09. The fourth-order valence-corrected chi connectivity index (χ4v) is 2.27. The van der Waals surface area contributed by atoms with E-state index in [0.717, 1.165) is 18.7 Å². The molecule has 1 aromatic rings. The van der Waals surface area contributed by atoms with E-state index in [1.165, 1.54) is 0 Å². The molecule has 0 saturated heterocycles. The molecule has 0 fully saturated rings. The van der Waals surface area contributed by atoms with Crippen LogP contribution in [0, 0.1) is 5.82 Å². The van der Waals surface area contributed by atoms with Crippen molar-refractivity contribution in [3.05, 3.63) is 29.6 Å². The van der Waals surface area contributed by atoms with Crippen LogP contribution in [0.2, 0.25) is 0 Å². The molecule has 5 nitrogen and oxygen atoms in total. The molecule has 130 valence electrons. The molecule has 0 aromatic heterocycles. The Balaban J connectivity index is 2.55. The average Bonchev–Trinajstić information content (AvgIpc) is 2.57. The van der Waals surface area contributed by atoms with E-state index in [0.29, 0.717) is 38.0 Å². The summed E-state index contributed by atoms with van der Waals surface area (Å²) in [6, 6.07) is 5.36. The molecule has 0 atom stereocenters. The van der Waals surface area contributed by atoms with Gasteiger partial charge in [-0.3, -0.25) is 4.99 Å². The summed E-state index contributed by atoms with van der Waals surface area (Å²) < 4.78 is 19.5. The van der Waals surface area contributed by atoms with Crippen LogP contribution in [0.1, 0.15) is 26.3 Å². The maximum absolute atomic E-state index is 14.2. The number of benzene rings is 1. The number of ether oxygens (including phenoxy) is 1. The zero-order valence-corrected chi connectivity index (χ0v) is 14.7. The highest BCUT2D eigenvalue weighted by Crippen LogP contribution is 2.20. The van der Waals surface area contributed by atoms with E-state index in [1.807, 2.05) is 37.8 Å². The van der Waals surface area contributed by atoms with Crippen molar-refractivity contribution in [1.29, 1.82) is 0 Å². The number of hydrogen-bond acceptors (Lipinski definition) is 3. The summed E-state index contributed by atoms with van der Waals surface area (Å²) in [5.41, 5.74) is 1.53. The van der Waals surface area contributed by atoms with Crippen LogP contribution < -0.4 is 15.5 Å². The SMILES string of the molecule is CCOCCNC(=NC)NCc1ccc(N(CC)CC)c(F)c1. The number of anilines is 1. The molecule has 0 aliphatic carbocycles. The van der Waals surface area contributed by atoms with Gasteiger partial charge in [-0.1, -0.05) is 6.07 Å². The van der Waals surface area contributed by atoms with Gasteiger partial charge in [0, 0.05) is 39.8 Å². The number of hydrogen-bond donors (Lipinski definition) is 2. The Labute approximate surface area is 138 Å². The fourth-order valence-electron chi connectivity index (χ4n) is 2.27. The smallest absolute Gasteiger partial charge is 0.191 e. The van der Waals surface area contributed by atoms with Gasteiger partial charge in [0.2, 0.25) is 0 Å². The molecule has 2 N–H and O–H groups in total. The van der Waals surface area contributed by atoms with Gasteiger partial charge < -0.3 is 20.3 Å². The molecule has 6 heteroatoms. The summed E-state index contributed by atoms with van der Waals surface area (Å²) in [6.45, 7) is 10.1. The first-order valence-electron chi connectivity index (χ1n) is 8.21. The minimum atomic E-state index is -0.188. The summed E-state index contributed by atoms with van der Waals surface area (Å²) in [4.78, 5) is 6.13. The molecular formula is C17H29FN4O. The number of rotatable bonds is 9. The molecule has 0 aliphatic heterocycles.